The minimum Gasteiger partial charge on any atom is -0.507 e. The monoisotopic (exact) mass is 319 g/mol. The highest BCUT2D eigenvalue weighted by Crippen LogP contribution is 2.20. The van der Waals surface area contributed by atoms with Crippen LogP contribution in [-0.2, 0) is 0 Å². The predicted molar refractivity (Wildman–Crippen MR) is 68.1 cm³/mol. The Morgan fingerprint density at radius 2 is 2.27 bits per heavy atom. The summed E-state index contributed by atoms with van der Waals surface area (Å²) in [5.41, 5.74) is 0.504. The van der Waals surface area contributed by atoms with Crippen LogP contribution in [0.5, 0.6) is 5.75 Å². The van der Waals surface area contributed by atoms with Gasteiger partial charge < -0.3 is 10.4 Å². The summed E-state index contributed by atoms with van der Waals surface area (Å²) in [7, 11) is 0. The Balaban J connectivity index is 2.62. The van der Waals surface area contributed by atoms with E-state index in [1.807, 2.05) is 22.6 Å². The lowest BCUT2D eigenvalue weighted by Gasteiger charge is -2.05. The van der Waals surface area contributed by atoms with E-state index in [4.69, 9.17) is 0 Å². The molecule has 1 aromatic carbocycles. The number of hydrogen-bond acceptors (Lipinski definition) is 2. The summed E-state index contributed by atoms with van der Waals surface area (Å²) in [6, 6.07) is 4.93. The average molecular weight is 319 g/mol. The summed E-state index contributed by atoms with van der Waals surface area (Å²) in [5, 5.41) is 12.2. The molecule has 0 aromatic heterocycles. The highest BCUT2D eigenvalue weighted by atomic mass is 127. The van der Waals surface area contributed by atoms with Gasteiger partial charge in [0.15, 0.2) is 0 Å². The number of carbonyl (C=O) groups excluding carboxylic acids is 1. The average Bonchev–Trinajstić information content (AvgIpc) is 2.22. The molecule has 15 heavy (non-hydrogen) atoms. The van der Waals surface area contributed by atoms with Crippen LogP contribution in [0.3, 0.4) is 0 Å². The molecule has 0 saturated carbocycles. The molecule has 0 saturated heterocycles. The molecule has 0 aliphatic heterocycles. The normalized spacial score (nSPS) is 10.0. The summed E-state index contributed by atoms with van der Waals surface area (Å²) in [6.07, 6.45) is 2.03. The summed E-state index contributed by atoms with van der Waals surface area (Å²) in [4.78, 5) is 11.6. The number of amides is 1. The molecule has 0 aliphatic carbocycles. The fraction of sp³-hybridized carbons (Fsp3) is 0.364. The second-order valence-corrected chi connectivity index (χ2v) is 4.44. The van der Waals surface area contributed by atoms with Crippen LogP contribution in [0.25, 0.3) is 0 Å². The van der Waals surface area contributed by atoms with Crippen molar-refractivity contribution in [2.45, 2.75) is 19.8 Å². The van der Waals surface area contributed by atoms with E-state index in [0.29, 0.717) is 12.1 Å². The highest BCUT2D eigenvalue weighted by molar-refractivity contribution is 14.1. The molecule has 0 atom stereocenters. The van der Waals surface area contributed by atoms with Crippen molar-refractivity contribution in [3.05, 3.63) is 27.3 Å². The first-order valence-corrected chi connectivity index (χ1v) is 5.99. The molecule has 82 valence electrons. The Bertz CT molecular complexity index is 352. The van der Waals surface area contributed by atoms with E-state index in [0.717, 1.165) is 16.4 Å². The summed E-state index contributed by atoms with van der Waals surface area (Å²) >= 11 is 2.02. The van der Waals surface area contributed by atoms with E-state index < -0.39 is 0 Å². The Kier molecular flexibility index (Phi) is 4.87. The molecule has 2 N–H and O–H groups in total. The van der Waals surface area contributed by atoms with Crippen molar-refractivity contribution in [1.82, 2.24) is 5.32 Å². The SMILES string of the molecule is CCCCNC(=O)c1ccc(I)c(O)c1. The van der Waals surface area contributed by atoms with E-state index in [1.165, 1.54) is 6.07 Å². The Hall–Kier alpha value is -0.780. The van der Waals surface area contributed by atoms with Gasteiger partial charge >= 0.3 is 0 Å². The molecule has 0 bridgehead atoms. The van der Waals surface area contributed by atoms with Crippen LogP contribution in [0.15, 0.2) is 18.2 Å². The van der Waals surface area contributed by atoms with Gasteiger partial charge in [0.25, 0.3) is 5.91 Å². The van der Waals surface area contributed by atoms with Crippen LogP contribution in [0.1, 0.15) is 30.1 Å². The van der Waals surface area contributed by atoms with E-state index in [9.17, 15) is 9.90 Å². The maximum atomic E-state index is 11.6. The number of unbranched alkanes of at least 4 members (excludes halogenated alkanes) is 1. The van der Waals surface area contributed by atoms with E-state index in [1.54, 1.807) is 12.1 Å². The highest BCUT2D eigenvalue weighted by Gasteiger charge is 2.06. The first kappa shape index (κ1) is 12.3. The van der Waals surface area contributed by atoms with Crippen molar-refractivity contribution < 1.29 is 9.90 Å². The number of carbonyl (C=O) groups is 1. The van der Waals surface area contributed by atoms with Gasteiger partial charge in [-0.05, 0) is 47.2 Å². The molecular weight excluding hydrogens is 305 g/mol. The molecule has 0 radical (unpaired) electrons. The van der Waals surface area contributed by atoms with Crippen LogP contribution in [0.4, 0.5) is 0 Å². The molecule has 1 rings (SSSR count). The van der Waals surface area contributed by atoms with Gasteiger partial charge in [0.2, 0.25) is 0 Å². The van der Waals surface area contributed by atoms with Gasteiger partial charge in [-0.3, -0.25) is 4.79 Å². The molecule has 0 heterocycles. The second kappa shape index (κ2) is 5.95. The lowest BCUT2D eigenvalue weighted by molar-refractivity contribution is 0.0952. The molecule has 3 nitrogen and oxygen atoms in total. The van der Waals surface area contributed by atoms with E-state index >= 15 is 0 Å². The third-order valence-corrected chi connectivity index (χ3v) is 2.94. The van der Waals surface area contributed by atoms with Gasteiger partial charge in [0.1, 0.15) is 5.75 Å². The van der Waals surface area contributed by atoms with Crippen molar-refractivity contribution in [1.29, 1.82) is 0 Å². The smallest absolute Gasteiger partial charge is 0.251 e. The first-order chi connectivity index (χ1) is 7.15. The maximum Gasteiger partial charge on any atom is 0.251 e. The molecule has 0 aliphatic rings. The van der Waals surface area contributed by atoms with Crippen molar-refractivity contribution in [3.8, 4) is 5.75 Å². The number of rotatable bonds is 4. The Morgan fingerprint density at radius 1 is 1.53 bits per heavy atom. The van der Waals surface area contributed by atoms with Gasteiger partial charge in [-0.15, -0.1) is 0 Å². The van der Waals surface area contributed by atoms with E-state index in [-0.39, 0.29) is 11.7 Å². The minimum absolute atomic E-state index is 0.129. The number of phenolic OH excluding ortho intramolecular Hbond substituents is 1. The molecule has 1 aromatic rings. The molecule has 0 unspecified atom stereocenters. The quantitative estimate of drug-likeness (QED) is 0.662. The number of benzene rings is 1. The number of phenols is 1. The predicted octanol–water partition coefficient (Wildman–Crippen LogP) is 2.53. The van der Waals surface area contributed by atoms with Gasteiger partial charge in [0.05, 0.1) is 3.57 Å². The van der Waals surface area contributed by atoms with Gasteiger partial charge in [-0.1, -0.05) is 13.3 Å². The first-order valence-electron chi connectivity index (χ1n) is 4.92. The molecule has 4 heteroatoms. The summed E-state index contributed by atoms with van der Waals surface area (Å²) < 4.78 is 0.748. The van der Waals surface area contributed by atoms with Crippen molar-refractivity contribution >= 4 is 28.5 Å². The third kappa shape index (κ3) is 3.70. The maximum absolute atomic E-state index is 11.6. The van der Waals surface area contributed by atoms with Crippen LogP contribution >= 0.6 is 22.6 Å². The van der Waals surface area contributed by atoms with Crippen molar-refractivity contribution in [2.24, 2.45) is 0 Å². The lowest BCUT2D eigenvalue weighted by Crippen LogP contribution is -2.24. The van der Waals surface area contributed by atoms with Gasteiger partial charge in [0, 0.05) is 12.1 Å². The largest absolute Gasteiger partial charge is 0.507 e. The number of nitrogens with one attached hydrogen (secondary N) is 1. The number of halogens is 1. The van der Waals surface area contributed by atoms with Crippen LogP contribution in [0.2, 0.25) is 0 Å². The van der Waals surface area contributed by atoms with Gasteiger partial charge in [-0.2, -0.15) is 0 Å². The Labute approximate surface area is 103 Å². The molecule has 0 fully saturated rings. The number of aromatic hydroxyl groups is 1. The molecular formula is C11H14INO2. The minimum atomic E-state index is -0.129. The molecule has 1 amide bonds. The van der Waals surface area contributed by atoms with E-state index in [2.05, 4.69) is 12.2 Å². The van der Waals surface area contributed by atoms with Crippen LogP contribution < -0.4 is 5.32 Å². The zero-order valence-electron chi connectivity index (χ0n) is 8.59. The fourth-order valence-electron chi connectivity index (χ4n) is 1.13. The molecule has 0 spiro atoms. The van der Waals surface area contributed by atoms with Crippen LogP contribution in [0, 0.1) is 3.57 Å². The summed E-state index contributed by atoms with van der Waals surface area (Å²) in [5.74, 6) is 0.0221. The fourth-order valence-corrected chi connectivity index (χ4v) is 1.47. The van der Waals surface area contributed by atoms with Gasteiger partial charge in [-0.25, -0.2) is 0 Å². The zero-order valence-corrected chi connectivity index (χ0v) is 10.7. The second-order valence-electron chi connectivity index (χ2n) is 3.28. The van der Waals surface area contributed by atoms with Crippen LogP contribution in [-0.4, -0.2) is 17.6 Å². The zero-order chi connectivity index (χ0) is 11.3. The lowest BCUT2D eigenvalue weighted by atomic mass is 10.2. The van der Waals surface area contributed by atoms with Crippen molar-refractivity contribution in [3.63, 3.8) is 0 Å². The topological polar surface area (TPSA) is 49.3 Å². The van der Waals surface area contributed by atoms with Crippen molar-refractivity contribution in [2.75, 3.05) is 6.54 Å². The number of hydrogen-bond donors (Lipinski definition) is 2. The summed E-state index contributed by atoms with van der Waals surface area (Å²) in [6.45, 7) is 2.75. The third-order valence-electron chi connectivity index (χ3n) is 2.02. The standard InChI is InChI=1S/C11H14INO2/c1-2-3-6-13-11(15)8-4-5-9(12)10(14)7-8/h4-5,7,14H,2-3,6H2,1H3,(H,13,15). The Morgan fingerprint density at radius 3 is 2.87 bits per heavy atom.